The van der Waals surface area contributed by atoms with Gasteiger partial charge in [-0.05, 0) is 54.8 Å². The number of carbonyl (C=O) groups is 1. The summed E-state index contributed by atoms with van der Waals surface area (Å²) in [7, 11) is 0. The van der Waals surface area contributed by atoms with Gasteiger partial charge in [-0.15, -0.1) is 0 Å². The number of halogens is 1. The zero-order valence-corrected chi connectivity index (χ0v) is 17.1. The predicted molar refractivity (Wildman–Crippen MR) is 115 cm³/mol. The molecule has 0 spiro atoms. The zero-order chi connectivity index (χ0) is 20.1. The molecule has 0 aliphatic carbocycles. The standard InChI is InChI=1S/C23H25ClN2O2/c1-15(2)13-26-23(27)17-6-4-7-18(12-17)25-14-19-10-11-22(28-19)20-8-5-9-21(24)16(20)3/h4-12,15,25H,13-14H2,1-3H3,(H,26,27). The first-order valence-electron chi connectivity index (χ1n) is 9.40. The third-order valence-electron chi connectivity index (χ3n) is 4.46. The van der Waals surface area contributed by atoms with Crippen molar-refractivity contribution in [2.24, 2.45) is 5.92 Å². The molecule has 2 aromatic carbocycles. The molecule has 0 radical (unpaired) electrons. The molecule has 0 bridgehead atoms. The van der Waals surface area contributed by atoms with E-state index in [4.69, 9.17) is 16.0 Å². The van der Waals surface area contributed by atoms with Gasteiger partial charge in [0.15, 0.2) is 0 Å². The van der Waals surface area contributed by atoms with Crippen LogP contribution in [0, 0.1) is 12.8 Å². The van der Waals surface area contributed by atoms with Gasteiger partial charge in [-0.1, -0.05) is 43.6 Å². The average molecular weight is 397 g/mol. The van der Waals surface area contributed by atoms with Crippen LogP contribution in [0.5, 0.6) is 0 Å². The fourth-order valence-electron chi connectivity index (χ4n) is 2.85. The Labute approximate surface area is 170 Å². The van der Waals surface area contributed by atoms with E-state index in [1.165, 1.54) is 0 Å². The molecule has 1 amide bonds. The number of benzene rings is 2. The van der Waals surface area contributed by atoms with Crippen molar-refractivity contribution in [1.29, 1.82) is 0 Å². The van der Waals surface area contributed by atoms with Crippen LogP contribution in [0.3, 0.4) is 0 Å². The van der Waals surface area contributed by atoms with Crippen molar-refractivity contribution in [2.45, 2.75) is 27.3 Å². The second-order valence-electron chi connectivity index (χ2n) is 7.22. The van der Waals surface area contributed by atoms with Gasteiger partial charge in [-0.2, -0.15) is 0 Å². The van der Waals surface area contributed by atoms with E-state index < -0.39 is 0 Å². The molecule has 0 atom stereocenters. The second-order valence-corrected chi connectivity index (χ2v) is 7.62. The average Bonchev–Trinajstić information content (AvgIpc) is 3.15. The molecule has 0 saturated heterocycles. The van der Waals surface area contributed by atoms with E-state index in [-0.39, 0.29) is 5.91 Å². The highest BCUT2D eigenvalue weighted by atomic mass is 35.5. The summed E-state index contributed by atoms with van der Waals surface area (Å²) in [5.74, 6) is 1.96. The fraction of sp³-hybridized carbons (Fsp3) is 0.261. The molecule has 5 heteroatoms. The summed E-state index contributed by atoms with van der Waals surface area (Å²) in [4.78, 5) is 12.2. The molecule has 28 heavy (non-hydrogen) atoms. The normalized spacial score (nSPS) is 10.9. The van der Waals surface area contributed by atoms with Crippen LogP contribution >= 0.6 is 11.6 Å². The molecule has 3 rings (SSSR count). The Bertz CT molecular complexity index is 963. The number of carbonyl (C=O) groups excluding carboxylic acids is 1. The number of hydrogen-bond donors (Lipinski definition) is 2. The van der Waals surface area contributed by atoms with Gasteiger partial charge in [-0.3, -0.25) is 4.79 Å². The van der Waals surface area contributed by atoms with Crippen molar-refractivity contribution < 1.29 is 9.21 Å². The maximum atomic E-state index is 12.2. The molecule has 0 fully saturated rings. The van der Waals surface area contributed by atoms with Crippen LogP contribution in [0.25, 0.3) is 11.3 Å². The molecular weight excluding hydrogens is 372 g/mol. The molecular formula is C23H25ClN2O2. The van der Waals surface area contributed by atoms with Gasteiger partial charge in [0.25, 0.3) is 5.91 Å². The van der Waals surface area contributed by atoms with Gasteiger partial charge in [0.2, 0.25) is 0 Å². The molecule has 0 saturated carbocycles. The Morgan fingerprint density at radius 1 is 1.11 bits per heavy atom. The van der Waals surface area contributed by atoms with Gasteiger partial charge >= 0.3 is 0 Å². The Balaban J connectivity index is 1.65. The lowest BCUT2D eigenvalue weighted by molar-refractivity contribution is 0.0949. The van der Waals surface area contributed by atoms with Crippen LogP contribution in [0.4, 0.5) is 5.69 Å². The number of rotatable bonds is 7. The van der Waals surface area contributed by atoms with Crippen LogP contribution in [0.15, 0.2) is 59.0 Å². The minimum Gasteiger partial charge on any atom is -0.459 e. The van der Waals surface area contributed by atoms with E-state index in [2.05, 4.69) is 24.5 Å². The minimum atomic E-state index is -0.0610. The third kappa shape index (κ3) is 4.96. The Morgan fingerprint density at radius 2 is 1.89 bits per heavy atom. The molecule has 1 aromatic heterocycles. The number of amides is 1. The van der Waals surface area contributed by atoms with Crippen molar-refractivity contribution in [2.75, 3.05) is 11.9 Å². The highest BCUT2D eigenvalue weighted by Gasteiger charge is 2.10. The van der Waals surface area contributed by atoms with Gasteiger partial charge < -0.3 is 15.1 Å². The van der Waals surface area contributed by atoms with E-state index in [0.717, 1.165) is 33.4 Å². The highest BCUT2D eigenvalue weighted by Crippen LogP contribution is 2.29. The van der Waals surface area contributed by atoms with Gasteiger partial charge in [0, 0.05) is 28.4 Å². The summed E-state index contributed by atoms with van der Waals surface area (Å²) in [6.45, 7) is 7.31. The maximum Gasteiger partial charge on any atom is 0.251 e. The molecule has 0 aliphatic rings. The van der Waals surface area contributed by atoms with Crippen molar-refractivity contribution >= 4 is 23.2 Å². The molecule has 3 aromatic rings. The lowest BCUT2D eigenvalue weighted by Crippen LogP contribution is -2.27. The van der Waals surface area contributed by atoms with Gasteiger partial charge in [0.05, 0.1) is 6.54 Å². The van der Waals surface area contributed by atoms with Crippen LogP contribution < -0.4 is 10.6 Å². The summed E-state index contributed by atoms with van der Waals surface area (Å²) in [6, 6.07) is 17.1. The lowest BCUT2D eigenvalue weighted by Gasteiger charge is -2.10. The monoisotopic (exact) mass is 396 g/mol. The van der Waals surface area contributed by atoms with E-state index >= 15 is 0 Å². The molecule has 2 N–H and O–H groups in total. The van der Waals surface area contributed by atoms with E-state index in [0.29, 0.717) is 24.6 Å². The van der Waals surface area contributed by atoms with Gasteiger partial charge in [0.1, 0.15) is 11.5 Å². The van der Waals surface area contributed by atoms with Crippen molar-refractivity contribution in [3.05, 3.63) is 76.5 Å². The van der Waals surface area contributed by atoms with Crippen molar-refractivity contribution in [3.8, 4) is 11.3 Å². The first-order valence-corrected chi connectivity index (χ1v) is 9.78. The Hall–Kier alpha value is -2.72. The Kier molecular flexibility index (Phi) is 6.42. The predicted octanol–water partition coefficient (Wildman–Crippen LogP) is 5.91. The van der Waals surface area contributed by atoms with Gasteiger partial charge in [-0.25, -0.2) is 0 Å². The van der Waals surface area contributed by atoms with Crippen LogP contribution in [-0.2, 0) is 6.54 Å². The summed E-state index contributed by atoms with van der Waals surface area (Å²) >= 11 is 6.21. The molecule has 4 nitrogen and oxygen atoms in total. The number of furan rings is 1. The highest BCUT2D eigenvalue weighted by molar-refractivity contribution is 6.31. The van der Waals surface area contributed by atoms with Crippen LogP contribution in [0.2, 0.25) is 5.02 Å². The second kappa shape index (κ2) is 8.98. The van der Waals surface area contributed by atoms with E-state index in [1.807, 2.05) is 61.5 Å². The first-order chi connectivity index (χ1) is 13.4. The summed E-state index contributed by atoms with van der Waals surface area (Å²) in [5.41, 5.74) is 3.50. The van der Waals surface area contributed by atoms with Crippen molar-refractivity contribution in [3.63, 3.8) is 0 Å². The van der Waals surface area contributed by atoms with Crippen LogP contribution in [-0.4, -0.2) is 12.5 Å². The first kappa shape index (κ1) is 20.0. The van der Waals surface area contributed by atoms with E-state index in [1.54, 1.807) is 0 Å². The topological polar surface area (TPSA) is 54.3 Å². The van der Waals surface area contributed by atoms with Crippen molar-refractivity contribution in [1.82, 2.24) is 5.32 Å². The number of anilines is 1. The summed E-state index contributed by atoms with van der Waals surface area (Å²) in [5, 5.41) is 6.97. The zero-order valence-electron chi connectivity index (χ0n) is 16.4. The van der Waals surface area contributed by atoms with E-state index in [9.17, 15) is 4.79 Å². The number of nitrogens with one attached hydrogen (secondary N) is 2. The largest absolute Gasteiger partial charge is 0.459 e. The third-order valence-corrected chi connectivity index (χ3v) is 4.87. The Morgan fingerprint density at radius 3 is 2.68 bits per heavy atom. The van der Waals surface area contributed by atoms with Crippen LogP contribution in [0.1, 0.15) is 35.5 Å². The molecule has 0 unspecified atom stereocenters. The molecule has 0 aliphatic heterocycles. The molecule has 146 valence electrons. The molecule has 1 heterocycles. The number of hydrogen-bond acceptors (Lipinski definition) is 3. The lowest BCUT2D eigenvalue weighted by atomic mass is 10.1. The smallest absolute Gasteiger partial charge is 0.251 e. The SMILES string of the molecule is Cc1c(Cl)cccc1-c1ccc(CNc2cccc(C(=O)NCC(C)C)c2)o1. The quantitative estimate of drug-likeness (QED) is 0.522. The fourth-order valence-corrected chi connectivity index (χ4v) is 3.03. The summed E-state index contributed by atoms with van der Waals surface area (Å²) < 4.78 is 5.97. The minimum absolute atomic E-state index is 0.0610. The summed E-state index contributed by atoms with van der Waals surface area (Å²) in [6.07, 6.45) is 0. The maximum absolute atomic E-state index is 12.2.